The van der Waals surface area contributed by atoms with Gasteiger partial charge in [-0.2, -0.15) is 17.6 Å². The van der Waals surface area contributed by atoms with Crippen molar-refractivity contribution in [2.45, 2.75) is 19.0 Å². The molecule has 1 amide bonds. The van der Waals surface area contributed by atoms with Crippen LogP contribution in [0.4, 0.5) is 32.9 Å². The molecule has 0 aliphatic carbocycles. The number of benzene rings is 1. The van der Waals surface area contributed by atoms with E-state index in [2.05, 4.69) is 15.3 Å². The van der Waals surface area contributed by atoms with E-state index in [1.165, 1.54) is 12.3 Å². The van der Waals surface area contributed by atoms with Gasteiger partial charge in [-0.1, -0.05) is 22.9 Å². The molecule has 1 aromatic carbocycles. The maximum Gasteiger partial charge on any atom is 0.419 e. The van der Waals surface area contributed by atoms with Crippen molar-refractivity contribution >= 4 is 45.8 Å². The van der Waals surface area contributed by atoms with Crippen LogP contribution in [0.2, 0.25) is 5.02 Å². The highest BCUT2D eigenvalue weighted by Gasteiger charge is 2.35. The molecule has 0 atom stereocenters. The third-order valence-electron chi connectivity index (χ3n) is 5.58. The molecule has 7 nitrogen and oxygen atoms in total. The number of carboxylic acid groups (broad SMARTS) is 1. The second kappa shape index (κ2) is 9.97. The molecule has 0 spiro atoms. The van der Waals surface area contributed by atoms with Crippen LogP contribution in [-0.2, 0) is 11.0 Å². The number of nitrogens with zero attached hydrogens (tertiary/aromatic N) is 3. The summed E-state index contributed by atoms with van der Waals surface area (Å²) in [6.07, 6.45) is -2.90. The molecule has 2 aromatic heterocycles. The van der Waals surface area contributed by atoms with Crippen LogP contribution >= 0.6 is 22.9 Å². The molecule has 1 saturated heterocycles. The number of alkyl halides is 3. The largest absolute Gasteiger partial charge is 0.481 e. The lowest BCUT2D eigenvalue weighted by molar-refractivity contribution is -0.142. The summed E-state index contributed by atoms with van der Waals surface area (Å²) in [5.74, 6) is -3.16. The Kier molecular flexibility index (Phi) is 7.14. The minimum Gasteiger partial charge on any atom is -0.481 e. The van der Waals surface area contributed by atoms with E-state index in [-0.39, 0.29) is 21.3 Å². The maximum atomic E-state index is 14.4. The highest BCUT2D eigenvalue weighted by Crippen LogP contribution is 2.36. The number of anilines is 2. The molecule has 36 heavy (non-hydrogen) atoms. The predicted octanol–water partition coefficient (Wildman–Crippen LogP) is 5.71. The van der Waals surface area contributed by atoms with E-state index in [1.54, 1.807) is 0 Å². The Bertz CT molecular complexity index is 1330. The number of aromatic nitrogens is 2. The van der Waals surface area contributed by atoms with Gasteiger partial charge in [-0.3, -0.25) is 14.9 Å². The van der Waals surface area contributed by atoms with E-state index in [0.717, 1.165) is 6.07 Å². The summed E-state index contributed by atoms with van der Waals surface area (Å²) in [7, 11) is 0. The van der Waals surface area contributed by atoms with Crippen LogP contribution in [-0.4, -0.2) is 40.0 Å². The first-order valence-electron chi connectivity index (χ1n) is 10.4. The number of thiazole rings is 1. The van der Waals surface area contributed by atoms with E-state index in [9.17, 15) is 31.5 Å². The van der Waals surface area contributed by atoms with Gasteiger partial charge in [0.15, 0.2) is 5.13 Å². The molecule has 3 aromatic rings. The van der Waals surface area contributed by atoms with Crippen LogP contribution in [0.1, 0.15) is 28.8 Å². The van der Waals surface area contributed by atoms with Gasteiger partial charge in [-0.25, -0.2) is 14.4 Å². The first kappa shape index (κ1) is 25.8. The van der Waals surface area contributed by atoms with Crippen molar-refractivity contribution in [1.82, 2.24) is 9.97 Å². The number of rotatable bonds is 5. The van der Waals surface area contributed by atoms with E-state index in [4.69, 9.17) is 16.7 Å². The topological polar surface area (TPSA) is 95.4 Å². The number of aliphatic carboxylic acids is 1. The second-order valence-corrected chi connectivity index (χ2v) is 9.27. The molecule has 1 aliphatic rings. The normalized spacial score (nSPS) is 14.7. The Hall–Kier alpha value is -3.32. The first-order chi connectivity index (χ1) is 16.9. The molecule has 4 rings (SSSR count). The summed E-state index contributed by atoms with van der Waals surface area (Å²) in [5.41, 5.74) is -2.33. The molecule has 190 valence electrons. The quantitative estimate of drug-likeness (QED) is 0.398. The minimum absolute atomic E-state index is 0.0162. The molecule has 0 bridgehead atoms. The molecule has 14 heteroatoms. The number of nitrogens with one attached hydrogen (secondary N) is 1. The summed E-state index contributed by atoms with van der Waals surface area (Å²) >= 11 is 6.67. The minimum atomic E-state index is -4.98. The lowest BCUT2D eigenvalue weighted by Gasteiger charge is -2.31. The van der Waals surface area contributed by atoms with Crippen molar-refractivity contribution < 1.29 is 36.6 Å². The first-order valence-corrected chi connectivity index (χ1v) is 11.6. The van der Waals surface area contributed by atoms with Crippen LogP contribution in [0.25, 0.3) is 11.3 Å². The highest BCUT2D eigenvalue weighted by atomic mass is 35.5. The number of hydrogen-bond acceptors (Lipinski definition) is 6. The summed E-state index contributed by atoms with van der Waals surface area (Å²) in [6.45, 7) is 0.853. The summed E-state index contributed by atoms with van der Waals surface area (Å²) in [6, 6.07) is 3.30. The zero-order valence-corrected chi connectivity index (χ0v) is 19.6. The SMILES string of the molecule is O=C(Nc1nc(-c2ccc(F)c(C(F)(F)F)c2)c(F)s1)c1cnc(N2CCC(C(=O)O)CC2)c(Cl)c1. The van der Waals surface area contributed by atoms with E-state index < -0.39 is 46.2 Å². The van der Waals surface area contributed by atoms with Crippen molar-refractivity contribution in [3.8, 4) is 11.3 Å². The van der Waals surface area contributed by atoms with Crippen LogP contribution in [0.5, 0.6) is 0 Å². The number of carboxylic acids is 1. The summed E-state index contributed by atoms with van der Waals surface area (Å²) in [4.78, 5) is 33.6. The number of carbonyl (C=O) groups is 2. The second-order valence-electron chi connectivity index (χ2n) is 7.92. The molecular weight excluding hydrogens is 531 g/mol. The van der Waals surface area contributed by atoms with Gasteiger partial charge in [0.2, 0.25) is 5.13 Å². The lowest BCUT2D eigenvalue weighted by Crippen LogP contribution is -2.37. The van der Waals surface area contributed by atoms with Gasteiger partial charge in [0.25, 0.3) is 5.91 Å². The third-order valence-corrected chi connectivity index (χ3v) is 6.62. The van der Waals surface area contributed by atoms with Gasteiger partial charge in [0.05, 0.1) is 22.1 Å². The highest BCUT2D eigenvalue weighted by molar-refractivity contribution is 7.14. The number of hydrogen-bond donors (Lipinski definition) is 2. The van der Waals surface area contributed by atoms with Gasteiger partial charge < -0.3 is 10.0 Å². The smallest absolute Gasteiger partial charge is 0.419 e. The van der Waals surface area contributed by atoms with E-state index in [0.29, 0.717) is 55.2 Å². The molecule has 2 N–H and O–H groups in total. The van der Waals surface area contributed by atoms with Crippen molar-refractivity contribution in [1.29, 1.82) is 0 Å². The standard InChI is InChI=1S/C22H16ClF5N4O3S/c23-14-8-12(9-29-18(14)32-5-3-10(4-6-32)20(34)35)19(33)31-21-30-16(17(25)36-21)11-1-2-15(24)13(7-11)22(26,27)28/h1-2,7-10H,3-6H2,(H,34,35)(H,30,31,33). The third kappa shape index (κ3) is 5.41. The maximum absolute atomic E-state index is 14.4. The number of halogens is 6. The molecule has 3 heterocycles. The molecule has 1 aliphatic heterocycles. The fourth-order valence-electron chi connectivity index (χ4n) is 3.72. The predicted molar refractivity (Wildman–Crippen MR) is 122 cm³/mol. The fraction of sp³-hybridized carbons (Fsp3) is 0.273. The van der Waals surface area contributed by atoms with Crippen molar-refractivity contribution in [3.63, 3.8) is 0 Å². The summed E-state index contributed by atoms with van der Waals surface area (Å²) < 4.78 is 66.9. The van der Waals surface area contributed by atoms with Crippen LogP contribution in [0.3, 0.4) is 0 Å². The van der Waals surface area contributed by atoms with Crippen LogP contribution < -0.4 is 10.2 Å². The van der Waals surface area contributed by atoms with E-state index in [1.807, 2.05) is 4.90 Å². The Morgan fingerprint density at radius 3 is 2.47 bits per heavy atom. The van der Waals surface area contributed by atoms with Crippen LogP contribution in [0.15, 0.2) is 30.5 Å². The van der Waals surface area contributed by atoms with Crippen molar-refractivity contribution in [2.75, 3.05) is 23.3 Å². The number of piperidine rings is 1. The average Bonchev–Trinajstić information content (AvgIpc) is 3.18. The molecule has 0 unspecified atom stereocenters. The average molecular weight is 547 g/mol. The van der Waals surface area contributed by atoms with Gasteiger partial charge >= 0.3 is 12.1 Å². The van der Waals surface area contributed by atoms with Crippen molar-refractivity contribution in [2.24, 2.45) is 5.92 Å². The molecule has 0 radical (unpaired) electrons. The lowest BCUT2D eigenvalue weighted by atomic mass is 9.97. The molecule has 0 saturated carbocycles. The van der Waals surface area contributed by atoms with Gasteiger partial charge in [0.1, 0.15) is 17.3 Å². The Labute approximate surface area is 209 Å². The fourth-order valence-corrected chi connectivity index (χ4v) is 4.71. The molecule has 1 fully saturated rings. The van der Waals surface area contributed by atoms with Gasteiger partial charge in [-0.15, -0.1) is 0 Å². The number of amides is 1. The van der Waals surface area contributed by atoms with Gasteiger partial charge in [0, 0.05) is 24.8 Å². The van der Waals surface area contributed by atoms with Crippen molar-refractivity contribution in [3.05, 3.63) is 57.6 Å². The molecular formula is C22H16ClF5N4O3S. The number of pyridine rings is 1. The van der Waals surface area contributed by atoms with E-state index >= 15 is 0 Å². The van der Waals surface area contributed by atoms with Gasteiger partial charge in [-0.05, 0) is 37.1 Å². The zero-order chi connectivity index (χ0) is 26.2. The monoisotopic (exact) mass is 546 g/mol. The van der Waals surface area contributed by atoms with Crippen LogP contribution in [0, 0.1) is 16.9 Å². The Balaban J connectivity index is 1.49. The Morgan fingerprint density at radius 1 is 1.17 bits per heavy atom. The number of carbonyl (C=O) groups excluding carboxylic acids is 1. The zero-order valence-electron chi connectivity index (χ0n) is 18.1. The summed E-state index contributed by atoms with van der Waals surface area (Å²) in [5, 5.41) is 10.4. The Morgan fingerprint density at radius 2 is 1.86 bits per heavy atom.